The minimum Gasteiger partial charge on any atom is -0.381 e. The van der Waals surface area contributed by atoms with Crippen molar-refractivity contribution in [3.63, 3.8) is 0 Å². The predicted molar refractivity (Wildman–Crippen MR) is 147 cm³/mol. The SMILES string of the molecule is CCCCCS(=O)(=O)N(C)CCCCCCCCCCCOCCCC(COP(=O)(O)O)[N+](C)(C)C. The van der Waals surface area contributed by atoms with E-state index in [1.54, 1.807) is 7.05 Å². The van der Waals surface area contributed by atoms with Crippen LogP contribution in [0.5, 0.6) is 0 Å². The molecule has 0 aliphatic carbocycles. The summed E-state index contributed by atoms with van der Waals surface area (Å²) in [6.45, 7) is 4.15. The fraction of sp³-hybridized carbons (Fsp3) is 1.00. The number of ether oxygens (including phenoxy) is 1. The van der Waals surface area contributed by atoms with Crippen LogP contribution < -0.4 is 0 Å². The van der Waals surface area contributed by atoms with Gasteiger partial charge in [-0.05, 0) is 25.7 Å². The standard InChI is InChI=1S/C25H55N2O7PS/c1-6-7-17-23-36(31,32)26(2)20-15-13-11-9-8-10-12-14-16-21-33-22-18-19-25(27(3,4)5)24-34-35(28,29)30/h25H,6-24H2,1-5H3,(H-,28,29,30)/p+1. The number of hydrogen-bond acceptors (Lipinski definition) is 5. The van der Waals surface area contributed by atoms with E-state index in [9.17, 15) is 13.0 Å². The Bertz CT molecular complexity index is 680. The average molecular weight is 560 g/mol. The van der Waals surface area contributed by atoms with E-state index in [-0.39, 0.29) is 18.4 Å². The van der Waals surface area contributed by atoms with E-state index in [1.807, 2.05) is 21.1 Å². The first kappa shape index (κ1) is 35.9. The van der Waals surface area contributed by atoms with Crippen LogP contribution in [-0.2, 0) is 23.8 Å². The zero-order valence-corrected chi connectivity index (χ0v) is 25.4. The molecule has 0 heterocycles. The molecule has 0 amide bonds. The Morgan fingerprint density at radius 1 is 0.833 bits per heavy atom. The van der Waals surface area contributed by atoms with Crippen LogP contribution in [0.3, 0.4) is 0 Å². The van der Waals surface area contributed by atoms with Gasteiger partial charge < -0.3 is 19.0 Å². The summed E-state index contributed by atoms with van der Waals surface area (Å²) in [7, 11) is 0.180. The Balaban J connectivity index is 3.61. The number of hydrogen-bond donors (Lipinski definition) is 2. The molecular weight excluding hydrogens is 503 g/mol. The molecule has 1 unspecified atom stereocenters. The molecule has 0 saturated heterocycles. The summed E-state index contributed by atoms with van der Waals surface area (Å²) in [5.74, 6) is 0.274. The average Bonchev–Trinajstić information content (AvgIpc) is 2.76. The van der Waals surface area contributed by atoms with Gasteiger partial charge in [0.1, 0.15) is 12.6 Å². The monoisotopic (exact) mass is 559 g/mol. The Labute approximate surface area is 221 Å². The molecule has 0 aliphatic rings. The van der Waals surface area contributed by atoms with Crippen LogP contribution in [0.25, 0.3) is 0 Å². The summed E-state index contributed by atoms with van der Waals surface area (Å²) in [6.07, 6.45) is 14.7. The van der Waals surface area contributed by atoms with Crippen molar-refractivity contribution in [2.45, 2.75) is 103 Å². The normalized spacial score (nSPS) is 14.0. The van der Waals surface area contributed by atoms with Gasteiger partial charge in [0.25, 0.3) is 0 Å². The van der Waals surface area contributed by atoms with Crippen molar-refractivity contribution in [3.05, 3.63) is 0 Å². The number of quaternary nitrogens is 1. The number of phosphoric acid groups is 1. The summed E-state index contributed by atoms with van der Waals surface area (Å²) >= 11 is 0. The Morgan fingerprint density at radius 2 is 1.36 bits per heavy atom. The first-order chi connectivity index (χ1) is 16.8. The van der Waals surface area contributed by atoms with Crippen LogP contribution in [-0.4, -0.2) is 93.3 Å². The molecule has 9 nitrogen and oxygen atoms in total. The molecule has 0 bridgehead atoms. The molecule has 36 heavy (non-hydrogen) atoms. The number of phosphoric ester groups is 1. The highest BCUT2D eigenvalue weighted by Gasteiger charge is 2.27. The second kappa shape index (κ2) is 19.9. The fourth-order valence-corrected chi connectivity index (χ4v) is 5.66. The maximum absolute atomic E-state index is 12.2. The highest BCUT2D eigenvalue weighted by molar-refractivity contribution is 7.89. The van der Waals surface area contributed by atoms with Crippen molar-refractivity contribution in [2.24, 2.45) is 0 Å². The highest BCUT2D eigenvalue weighted by Crippen LogP contribution is 2.36. The molecule has 0 radical (unpaired) electrons. The van der Waals surface area contributed by atoms with Crippen molar-refractivity contribution in [3.8, 4) is 0 Å². The fourth-order valence-electron chi connectivity index (χ4n) is 4.01. The van der Waals surface area contributed by atoms with Gasteiger partial charge in [-0.3, -0.25) is 4.52 Å². The van der Waals surface area contributed by atoms with Gasteiger partial charge in [0.2, 0.25) is 10.0 Å². The van der Waals surface area contributed by atoms with Crippen molar-refractivity contribution in [1.82, 2.24) is 4.31 Å². The number of sulfonamides is 1. The third-order valence-electron chi connectivity index (χ3n) is 6.60. The third kappa shape index (κ3) is 20.9. The number of rotatable bonds is 25. The van der Waals surface area contributed by atoms with Crippen LogP contribution in [0, 0.1) is 0 Å². The van der Waals surface area contributed by atoms with Crippen molar-refractivity contribution in [2.75, 3.05) is 60.3 Å². The third-order valence-corrected chi connectivity index (χ3v) is 9.02. The second-order valence-corrected chi connectivity index (χ2v) is 14.3. The predicted octanol–water partition coefficient (Wildman–Crippen LogP) is 4.93. The summed E-state index contributed by atoms with van der Waals surface area (Å²) < 4.78 is 47.9. The van der Waals surface area contributed by atoms with Gasteiger partial charge in [-0.1, -0.05) is 64.7 Å². The van der Waals surface area contributed by atoms with Gasteiger partial charge >= 0.3 is 7.82 Å². The summed E-state index contributed by atoms with van der Waals surface area (Å²) in [6, 6.07) is 0.00530. The number of unbranched alkanes of at least 4 members (excludes halogenated alkanes) is 10. The molecule has 0 aromatic rings. The van der Waals surface area contributed by atoms with E-state index in [2.05, 4.69) is 6.92 Å². The summed E-state index contributed by atoms with van der Waals surface area (Å²) in [5.41, 5.74) is 0. The van der Waals surface area contributed by atoms with E-state index in [4.69, 9.17) is 19.0 Å². The number of nitrogens with zero attached hydrogens (tertiary/aromatic N) is 2. The van der Waals surface area contributed by atoms with Crippen molar-refractivity contribution in [1.29, 1.82) is 0 Å². The number of likely N-dealkylation sites (N-methyl/N-ethyl adjacent to an activating group) is 1. The van der Waals surface area contributed by atoms with Gasteiger partial charge in [0.15, 0.2) is 0 Å². The molecule has 0 aliphatic heterocycles. The molecule has 0 saturated carbocycles. The lowest BCUT2D eigenvalue weighted by Crippen LogP contribution is -2.47. The summed E-state index contributed by atoms with van der Waals surface area (Å²) in [4.78, 5) is 17.9. The lowest BCUT2D eigenvalue weighted by molar-refractivity contribution is -0.896. The second-order valence-electron chi connectivity index (χ2n) is 10.8. The Morgan fingerprint density at radius 3 is 1.89 bits per heavy atom. The Hall–Kier alpha value is -0.0600. The van der Waals surface area contributed by atoms with Crippen LogP contribution in [0.15, 0.2) is 0 Å². The maximum atomic E-state index is 12.2. The quantitative estimate of drug-likeness (QED) is 0.0926. The van der Waals surface area contributed by atoms with E-state index in [1.165, 1.54) is 36.4 Å². The molecule has 218 valence electrons. The molecule has 1 atom stereocenters. The van der Waals surface area contributed by atoms with Gasteiger partial charge in [0.05, 0.1) is 26.9 Å². The van der Waals surface area contributed by atoms with Gasteiger partial charge in [0, 0.05) is 33.2 Å². The first-order valence-corrected chi connectivity index (χ1v) is 17.0. The van der Waals surface area contributed by atoms with Crippen LogP contribution in [0.4, 0.5) is 0 Å². The zero-order valence-electron chi connectivity index (χ0n) is 23.7. The minimum absolute atomic E-state index is 0.00530. The first-order valence-electron chi connectivity index (χ1n) is 13.8. The van der Waals surface area contributed by atoms with Crippen molar-refractivity contribution < 1.29 is 36.5 Å². The van der Waals surface area contributed by atoms with E-state index in [0.29, 0.717) is 17.6 Å². The van der Waals surface area contributed by atoms with E-state index < -0.39 is 17.8 Å². The van der Waals surface area contributed by atoms with Crippen molar-refractivity contribution >= 4 is 17.8 Å². The van der Waals surface area contributed by atoms with E-state index >= 15 is 0 Å². The molecule has 11 heteroatoms. The zero-order chi connectivity index (χ0) is 27.5. The highest BCUT2D eigenvalue weighted by atomic mass is 32.2. The molecular formula is C25H56N2O7PS+. The molecule has 0 spiro atoms. The van der Waals surface area contributed by atoms with Gasteiger partial charge in [-0.15, -0.1) is 0 Å². The Kier molecular flexibility index (Phi) is 19.9. The van der Waals surface area contributed by atoms with E-state index in [0.717, 1.165) is 64.4 Å². The lowest BCUT2D eigenvalue weighted by atomic mass is 10.1. The minimum atomic E-state index is -4.44. The molecule has 0 aromatic carbocycles. The lowest BCUT2D eigenvalue weighted by Gasteiger charge is -2.34. The largest absolute Gasteiger partial charge is 0.469 e. The van der Waals surface area contributed by atoms with Gasteiger partial charge in [-0.2, -0.15) is 0 Å². The van der Waals surface area contributed by atoms with Gasteiger partial charge in [-0.25, -0.2) is 17.3 Å². The molecule has 0 fully saturated rings. The smallest absolute Gasteiger partial charge is 0.381 e. The molecule has 0 rings (SSSR count). The molecule has 0 aromatic heterocycles. The maximum Gasteiger partial charge on any atom is 0.469 e. The van der Waals surface area contributed by atoms with Crippen LogP contribution in [0.2, 0.25) is 0 Å². The summed E-state index contributed by atoms with van der Waals surface area (Å²) in [5, 5.41) is 0. The van der Waals surface area contributed by atoms with Crippen LogP contribution in [0.1, 0.15) is 96.8 Å². The molecule has 2 N–H and O–H groups in total. The van der Waals surface area contributed by atoms with Crippen LogP contribution >= 0.6 is 7.82 Å². The topological polar surface area (TPSA) is 113 Å².